The molecule has 10 heteroatoms. The van der Waals surface area contributed by atoms with E-state index in [9.17, 15) is 17.2 Å². The fourth-order valence-electron chi connectivity index (χ4n) is 2.58. The number of rotatable bonds is 8. The fourth-order valence-corrected chi connectivity index (χ4v) is 3.63. The molecule has 1 heterocycles. The van der Waals surface area contributed by atoms with Crippen molar-refractivity contribution in [2.75, 3.05) is 23.7 Å². The van der Waals surface area contributed by atoms with Gasteiger partial charge in [0.15, 0.2) is 11.6 Å². The van der Waals surface area contributed by atoms with E-state index >= 15 is 0 Å². The van der Waals surface area contributed by atoms with Crippen molar-refractivity contribution in [2.24, 2.45) is 0 Å². The van der Waals surface area contributed by atoms with Gasteiger partial charge in [0, 0.05) is 30.5 Å². The number of benzene rings is 2. The van der Waals surface area contributed by atoms with E-state index < -0.39 is 21.7 Å². The van der Waals surface area contributed by atoms with Gasteiger partial charge in [0.1, 0.15) is 5.82 Å². The lowest BCUT2D eigenvalue weighted by atomic mass is 10.2. The maximum atomic E-state index is 13.3. The van der Waals surface area contributed by atoms with Crippen molar-refractivity contribution in [1.82, 2.24) is 14.7 Å². The van der Waals surface area contributed by atoms with Gasteiger partial charge in [0.25, 0.3) is 0 Å². The van der Waals surface area contributed by atoms with Crippen LogP contribution in [-0.2, 0) is 10.0 Å². The third-order valence-corrected chi connectivity index (χ3v) is 5.54. The van der Waals surface area contributed by atoms with Crippen LogP contribution in [0.15, 0.2) is 53.4 Å². The van der Waals surface area contributed by atoms with Crippen LogP contribution in [-0.4, -0.2) is 31.5 Å². The van der Waals surface area contributed by atoms with Crippen LogP contribution in [0, 0.1) is 25.5 Å². The lowest BCUT2D eigenvalue weighted by molar-refractivity contribution is 0.504. The second-order valence-electron chi connectivity index (χ2n) is 6.61. The highest BCUT2D eigenvalue weighted by Gasteiger charge is 2.16. The Hall–Kier alpha value is -3.11. The largest absolute Gasteiger partial charge is 0.353 e. The number of aromatic nitrogens is 2. The molecule has 0 aliphatic carbocycles. The molecule has 0 saturated heterocycles. The summed E-state index contributed by atoms with van der Waals surface area (Å²) in [6.45, 7) is 4.01. The summed E-state index contributed by atoms with van der Waals surface area (Å²) >= 11 is 0. The summed E-state index contributed by atoms with van der Waals surface area (Å²) in [4.78, 5) is 8.29. The summed E-state index contributed by atoms with van der Waals surface area (Å²) in [6.07, 6.45) is 0. The summed E-state index contributed by atoms with van der Waals surface area (Å²) in [5, 5.41) is 6.13. The van der Waals surface area contributed by atoms with Crippen molar-refractivity contribution < 1.29 is 17.2 Å². The van der Waals surface area contributed by atoms with Gasteiger partial charge in [-0.2, -0.15) is 4.98 Å². The molecule has 0 radical (unpaired) electrons. The molecule has 30 heavy (non-hydrogen) atoms. The summed E-state index contributed by atoms with van der Waals surface area (Å²) in [5.74, 6) is -1.41. The van der Waals surface area contributed by atoms with Crippen LogP contribution in [0.3, 0.4) is 0 Å². The maximum absolute atomic E-state index is 13.3. The summed E-state index contributed by atoms with van der Waals surface area (Å²) in [6, 6.07) is 12.0. The molecule has 0 bridgehead atoms. The van der Waals surface area contributed by atoms with E-state index in [2.05, 4.69) is 25.3 Å². The predicted octanol–water partition coefficient (Wildman–Crippen LogP) is 3.51. The van der Waals surface area contributed by atoms with Crippen LogP contribution in [0.1, 0.15) is 11.3 Å². The Labute approximate surface area is 173 Å². The number of sulfonamides is 1. The van der Waals surface area contributed by atoms with Gasteiger partial charge in [0.05, 0.1) is 4.90 Å². The molecule has 2 aromatic carbocycles. The Morgan fingerprint density at radius 3 is 2.33 bits per heavy atom. The third-order valence-electron chi connectivity index (χ3n) is 4.08. The average Bonchev–Trinajstić information content (AvgIpc) is 2.69. The van der Waals surface area contributed by atoms with Crippen molar-refractivity contribution in [3.8, 4) is 0 Å². The molecule has 0 atom stereocenters. The molecule has 3 aromatic rings. The number of nitrogens with one attached hydrogen (secondary N) is 3. The first-order chi connectivity index (χ1) is 14.2. The number of nitrogens with zero attached hydrogens (tertiary/aromatic N) is 2. The monoisotopic (exact) mass is 433 g/mol. The highest BCUT2D eigenvalue weighted by Crippen LogP contribution is 2.17. The first kappa shape index (κ1) is 21.6. The highest BCUT2D eigenvalue weighted by molar-refractivity contribution is 7.89. The molecule has 0 amide bonds. The van der Waals surface area contributed by atoms with E-state index in [0.717, 1.165) is 29.1 Å². The lowest BCUT2D eigenvalue weighted by Crippen LogP contribution is -2.29. The van der Waals surface area contributed by atoms with Gasteiger partial charge >= 0.3 is 0 Å². The molecule has 0 unspecified atom stereocenters. The second kappa shape index (κ2) is 9.14. The molecular weight excluding hydrogens is 412 g/mol. The van der Waals surface area contributed by atoms with Crippen LogP contribution in [0.4, 0.5) is 26.2 Å². The molecule has 3 N–H and O–H groups in total. The van der Waals surface area contributed by atoms with Gasteiger partial charge in [-0.1, -0.05) is 17.7 Å². The molecule has 0 aliphatic heterocycles. The normalized spacial score (nSPS) is 11.3. The first-order valence-corrected chi connectivity index (χ1v) is 10.6. The minimum absolute atomic E-state index is 0.000640. The molecule has 0 fully saturated rings. The summed E-state index contributed by atoms with van der Waals surface area (Å²) in [7, 11) is -3.96. The summed E-state index contributed by atoms with van der Waals surface area (Å²) in [5.41, 5.74) is 2.75. The number of halogens is 2. The summed E-state index contributed by atoms with van der Waals surface area (Å²) < 4.78 is 52.9. The third kappa shape index (κ3) is 5.71. The molecule has 0 spiro atoms. The van der Waals surface area contributed by atoms with Crippen LogP contribution < -0.4 is 15.4 Å². The van der Waals surface area contributed by atoms with Crippen molar-refractivity contribution in [3.05, 3.63) is 71.4 Å². The van der Waals surface area contributed by atoms with Crippen LogP contribution in [0.2, 0.25) is 0 Å². The minimum Gasteiger partial charge on any atom is -0.353 e. The van der Waals surface area contributed by atoms with Gasteiger partial charge < -0.3 is 10.6 Å². The standard InChI is InChI=1S/C20H21F2N5O2S/c1-13-3-5-15(6-4-13)26-19-11-14(2)25-20(27-19)23-9-10-24-30(28,29)16-7-8-17(21)18(22)12-16/h3-8,11-12,24H,9-10H2,1-2H3,(H2,23,25,26,27). The van der Waals surface area contributed by atoms with Gasteiger partial charge in [-0.15, -0.1) is 0 Å². The van der Waals surface area contributed by atoms with E-state index in [0.29, 0.717) is 17.8 Å². The van der Waals surface area contributed by atoms with Crippen LogP contribution in [0.25, 0.3) is 0 Å². The Balaban J connectivity index is 1.58. The van der Waals surface area contributed by atoms with Gasteiger partial charge in [0.2, 0.25) is 16.0 Å². The first-order valence-electron chi connectivity index (χ1n) is 9.11. The van der Waals surface area contributed by atoms with E-state index in [-0.39, 0.29) is 18.0 Å². The number of anilines is 3. The van der Waals surface area contributed by atoms with Crippen LogP contribution in [0.5, 0.6) is 0 Å². The highest BCUT2D eigenvalue weighted by atomic mass is 32.2. The van der Waals surface area contributed by atoms with E-state index in [4.69, 9.17) is 0 Å². The lowest BCUT2D eigenvalue weighted by Gasteiger charge is -2.11. The molecule has 158 valence electrons. The van der Waals surface area contributed by atoms with Crippen LogP contribution >= 0.6 is 0 Å². The van der Waals surface area contributed by atoms with E-state index in [1.165, 1.54) is 0 Å². The molecule has 1 aromatic heterocycles. The smallest absolute Gasteiger partial charge is 0.240 e. The molecular formula is C20H21F2N5O2S. The zero-order valence-corrected chi connectivity index (χ0v) is 17.2. The van der Waals surface area contributed by atoms with Gasteiger partial charge in [-0.3, -0.25) is 0 Å². The van der Waals surface area contributed by atoms with Crippen molar-refractivity contribution >= 4 is 27.5 Å². The van der Waals surface area contributed by atoms with E-state index in [1.54, 1.807) is 6.07 Å². The second-order valence-corrected chi connectivity index (χ2v) is 8.38. The van der Waals surface area contributed by atoms with Gasteiger partial charge in [-0.25, -0.2) is 26.9 Å². The predicted molar refractivity (Wildman–Crippen MR) is 111 cm³/mol. The van der Waals surface area contributed by atoms with Gasteiger partial charge in [-0.05, 0) is 44.2 Å². The Morgan fingerprint density at radius 2 is 1.63 bits per heavy atom. The number of hydrogen-bond donors (Lipinski definition) is 3. The molecule has 0 aliphatic rings. The average molecular weight is 433 g/mol. The van der Waals surface area contributed by atoms with E-state index in [1.807, 2.05) is 38.1 Å². The fraction of sp³-hybridized carbons (Fsp3) is 0.200. The Kier molecular flexibility index (Phi) is 6.58. The zero-order chi connectivity index (χ0) is 21.7. The number of hydrogen-bond acceptors (Lipinski definition) is 6. The topological polar surface area (TPSA) is 96.0 Å². The quantitative estimate of drug-likeness (QED) is 0.471. The SMILES string of the molecule is Cc1ccc(Nc2cc(C)nc(NCCNS(=O)(=O)c3ccc(F)c(F)c3)n2)cc1. The Bertz CT molecular complexity index is 1140. The van der Waals surface area contributed by atoms with Crippen molar-refractivity contribution in [2.45, 2.75) is 18.7 Å². The molecule has 0 saturated carbocycles. The molecule has 7 nitrogen and oxygen atoms in total. The zero-order valence-electron chi connectivity index (χ0n) is 16.4. The number of aryl methyl sites for hydroxylation is 2. The molecule has 3 rings (SSSR count). The Morgan fingerprint density at radius 1 is 0.900 bits per heavy atom. The maximum Gasteiger partial charge on any atom is 0.240 e. The minimum atomic E-state index is -3.96. The van der Waals surface area contributed by atoms with Crippen molar-refractivity contribution in [1.29, 1.82) is 0 Å². The van der Waals surface area contributed by atoms with Crippen molar-refractivity contribution in [3.63, 3.8) is 0 Å².